The van der Waals surface area contributed by atoms with Gasteiger partial charge in [-0.15, -0.1) is 0 Å². The second-order valence-electron chi connectivity index (χ2n) is 4.94. The Balaban J connectivity index is 1.82. The van der Waals surface area contributed by atoms with Crippen molar-refractivity contribution in [2.75, 3.05) is 11.9 Å². The van der Waals surface area contributed by atoms with E-state index in [0.29, 0.717) is 0 Å². The number of hydrogen-bond donors (Lipinski definition) is 1. The van der Waals surface area contributed by atoms with E-state index >= 15 is 0 Å². The minimum Gasteiger partial charge on any atom is -0.493 e. The van der Waals surface area contributed by atoms with E-state index in [1.807, 2.05) is 38.1 Å². The monoisotopic (exact) mass is 287 g/mol. The summed E-state index contributed by atoms with van der Waals surface area (Å²) in [6.07, 6.45) is 0.168. The Morgan fingerprint density at radius 1 is 1.10 bits per heavy atom. The predicted molar refractivity (Wildman–Crippen MR) is 81.1 cm³/mol. The van der Waals surface area contributed by atoms with Crippen LogP contribution in [0.1, 0.15) is 17.5 Å². The molecule has 1 N–H and O–H groups in total. The van der Waals surface area contributed by atoms with Crippen molar-refractivity contribution >= 4 is 11.6 Å². The Kier molecular flexibility index (Phi) is 4.93. The molecule has 2 aromatic carbocycles. The molecule has 0 saturated heterocycles. The van der Waals surface area contributed by atoms with Crippen molar-refractivity contribution in [1.29, 1.82) is 0 Å². The van der Waals surface area contributed by atoms with Gasteiger partial charge in [0.1, 0.15) is 11.6 Å². The number of carbonyl (C=O) groups excluding carboxylic acids is 1. The fraction of sp³-hybridized carbons (Fsp3) is 0.235. The standard InChI is InChI=1S/C17H18FNO2/c1-12-3-6-14(7-4-12)21-10-9-17(20)19-16-11-13(2)5-8-15(16)18/h3-8,11H,9-10H2,1-2H3,(H,19,20). The molecule has 4 heteroatoms. The van der Waals surface area contributed by atoms with Crippen molar-refractivity contribution in [2.45, 2.75) is 20.3 Å². The molecule has 0 atom stereocenters. The van der Waals surface area contributed by atoms with Crippen LogP contribution < -0.4 is 10.1 Å². The van der Waals surface area contributed by atoms with Crippen molar-refractivity contribution in [3.05, 3.63) is 59.4 Å². The molecular weight excluding hydrogens is 269 g/mol. The Hall–Kier alpha value is -2.36. The Morgan fingerprint density at radius 2 is 1.76 bits per heavy atom. The average Bonchev–Trinajstić information content (AvgIpc) is 2.45. The van der Waals surface area contributed by atoms with E-state index in [9.17, 15) is 9.18 Å². The maximum atomic E-state index is 13.5. The third-order valence-corrected chi connectivity index (χ3v) is 3.01. The number of carbonyl (C=O) groups is 1. The largest absolute Gasteiger partial charge is 0.493 e. The lowest BCUT2D eigenvalue weighted by atomic mass is 10.2. The summed E-state index contributed by atoms with van der Waals surface area (Å²) < 4.78 is 19.0. The second kappa shape index (κ2) is 6.88. The van der Waals surface area contributed by atoms with Crippen LogP contribution in [0.2, 0.25) is 0 Å². The zero-order valence-electron chi connectivity index (χ0n) is 12.2. The van der Waals surface area contributed by atoms with Crippen molar-refractivity contribution in [3.8, 4) is 5.75 Å². The Morgan fingerprint density at radius 3 is 2.48 bits per heavy atom. The normalized spacial score (nSPS) is 10.2. The summed E-state index contributed by atoms with van der Waals surface area (Å²) in [5.74, 6) is 0.00940. The van der Waals surface area contributed by atoms with Gasteiger partial charge in [-0.2, -0.15) is 0 Å². The molecule has 0 radical (unpaired) electrons. The molecule has 0 unspecified atom stereocenters. The van der Waals surface area contributed by atoms with E-state index in [1.165, 1.54) is 6.07 Å². The molecule has 0 heterocycles. The number of aryl methyl sites for hydroxylation is 2. The fourth-order valence-corrected chi connectivity index (χ4v) is 1.84. The highest BCUT2D eigenvalue weighted by Gasteiger charge is 2.07. The summed E-state index contributed by atoms with van der Waals surface area (Å²) in [4.78, 5) is 11.8. The lowest BCUT2D eigenvalue weighted by Crippen LogP contribution is -2.16. The minimum absolute atomic E-state index is 0.168. The molecule has 0 fully saturated rings. The highest BCUT2D eigenvalue weighted by molar-refractivity contribution is 5.91. The van der Waals surface area contributed by atoms with Crippen molar-refractivity contribution in [2.24, 2.45) is 0 Å². The van der Waals surface area contributed by atoms with E-state index in [4.69, 9.17) is 4.74 Å². The van der Waals surface area contributed by atoms with Crippen LogP contribution in [0.3, 0.4) is 0 Å². The Bertz CT molecular complexity index is 623. The van der Waals surface area contributed by atoms with E-state index in [2.05, 4.69) is 5.32 Å². The van der Waals surface area contributed by atoms with Crippen LogP contribution in [-0.4, -0.2) is 12.5 Å². The zero-order chi connectivity index (χ0) is 15.2. The molecule has 0 saturated carbocycles. The molecule has 0 aliphatic carbocycles. The number of halogens is 1. The highest BCUT2D eigenvalue weighted by Crippen LogP contribution is 2.16. The van der Waals surface area contributed by atoms with Gasteiger partial charge in [0.05, 0.1) is 18.7 Å². The molecule has 21 heavy (non-hydrogen) atoms. The van der Waals surface area contributed by atoms with Crippen LogP contribution in [-0.2, 0) is 4.79 Å². The van der Waals surface area contributed by atoms with Gasteiger partial charge in [0.2, 0.25) is 5.91 Å². The van der Waals surface area contributed by atoms with Crippen molar-refractivity contribution in [3.63, 3.8) is 0 Å². The first kappa shape index (κ1) is 15.0. The van der Waals surface area contributed by atoms with Crippen LogP contribution in [0, 0.1) is 19.7 Å². The molecule has 0 spiro atoms. The smallest absolute Gasteiger partial charge is 0.227 e. The van der Waals surface area contributed by atoms with Crippen LogP contribution in [0.15, 0.2) is 42.5 Å². The second-order valence-corrected chi connectivity index (χ2v) is 4.94. The minimum atomic E-state index is -0.437. The zero-order valence-corrected chi connectivity index (χ0v) is 12.2. The number of rotatable bonds is 5. The summed E-state index contributed by atoms with van der Waals surface area (Å²) in [5, 5.41) is 2.55. The average molecular weight is 287 g/mol. The summed E-state index contributed by atoms with van der Waals surface area (Å²) in [5.41, 5.74) is 2.24. The van der Waals surface area contributed by atoms with Gasteiger partial charge in [-0.3, -0.25) is 4.79 Å². The molecule has 3 nitrogen and oxygen atoms in total. The number of anilines is 1. The van der Waals surface area contributed by atoms with Crippen LogP contribution in [0.4, 0.5) is 10.1 Å². The lowest BCUT2D eigenvalue weighted by Gasteiger charge is -2.09. The molecule has 2 rings (SSSR count). The van der Waals surface area contributed by atoms with Gasteiger partial charge in [-0.1, -0.05) is 23.8 Å². The number of benzene rings is 2. The molecule has 0 aromatic heterocycles. The van der Waals surface area contributed by atoms with Gasteiger partial charge >= 0.3 is 0 Å². The SMILES string of the molecule is Cc1ccc(OCCC(=O)Nc2cc(C)ccc2F)cc1. The van der Waals surface area contributed by atoms with Gasteiger partial charge < -0.3 is 10.1 Å². The van der Waals surface area contributed by atoms with Gasteiger partial charge in [-0.05, 0) is 43.7 Å². The van der Waals surface area contributed by atoms with Crippen LogP contribution in [0.5, 0.6) is 5.75 Å². The lowest BCUT2D eigenvalue weighted by molar-refractivity contribution is -0.116. The summed E-state index contributed by atoms with van der Waals surface area (Å²) in [6.45, 7) is 4.09. The molecule has 2 aromatic rings. The van der Waals surface area contributed by atoms with Crippen LogP contribution in [0.25, 0.3) is 0 Å². The fourth-order valence-electron chi connectivity index (χ4n) is 1.84. The van der Waals surface area contributed by atoms with Gasteiger partial charge in [0.15, 0.2) is 0 Å². The predicted octanol–water partition coefficient (Wildman–Crippen LogP) is 3.85. The molecule has 0 bridgehead atoms. The molecule has 0 aliphatic heterocycles. The van der Waals surface area contributed by atoms with E-state index in [0.717, 1.165) is 16.9 Å². The van der Waals surface area contributed by atoms with E-state index in [1.54, 1.807) is 12.1 Å². The Labute approximate surface area is 123 Å². The van der Waals surface area contributed by atoms with Gasteiger partial charge in [0, 0.05) is 0 Å². The highest BCUT2D eigenvalue weighted by atomic mass is 19.1. The first-order valence-corrected chi connectivity index (χ1v) is 6.80. The molecule has 0 aliphatic rings. The molecular formula is C17H18FNO2. The summed E-state index contributed by atoms with van der Waals surface area (Å²) >= 11 is 0. The van der Waals surface area contributed by atoms with E-state index in [-0.39, 0.29) is 24.6 Å². The number of ether oxygens (including phenoxy) is 1. The first-order chi connectivity index (χ1) is 10.0. The third-order valence-electron chi connectivity index (χ3n) is 3.01. The quantitative estimate of drug-likeness (QED) is 0.907. The number of hydrogen-bond acceptors (Lipinski definition) is 2. The van der Waals surface area contributed by atoms with Crippen LogP contribution >= 0.6 is 0 Å². The molecule has 1 amide bonds. The maximum Gasteiger partial charge on any atom is 0.227 e. The van der Waals surface area contributed by atoms with Crippen molar-refractivity contribution in [1.82, 2.24) is 0 Å². The number of nitrogens with one attached hydrogen (secondary N) is 1. The van der Waals surface area contributed by atoms with Gasteiger partial charge in [0.25, 0.3) is 0 Å². The maximum absolute atomic E-state index is 13.5. The van der Waals surface area contributed by atoms with Gasteiger partial charge in [-0.25, -0.2) is 4.39 Å². The van der Waals surface area contributed by atoms with Crippen molar-refractivity contribution < 1.29 is 13.9 Å². The number of amides is 1. The summed E-state index contributed by atoms with van der Waals surface area (Å²) in [6, 6.07) is 12.2. The summed E-state index contributed by atoms with van der Waals surface area (Å²) in [7, 11) is 0. The molecule has 110 valence electrons. The topological polar surface area (TPSA) is 38.3 Å². The third kappa shape index (κ3) is 4.60. The van der Waals surface area contributed by atoms with E-state index < -0.39 is 5.82 Å². The first-order valence-electron chi connectivity index (χ1n) is 6.80.